The van der Waals surface area contributed by atoms with E-state index in [2.05, 4.69) is 75.9 Å². The van der Waals surface area contributed by atoms with Crippen molar-refractivity contribution in [3.63, 3.8) is 0 Å². The van der Waals surface area contributed by atoms with E-state index in [4.69, 9.17) is 0 Å². The van der Waals surface area contributed by atoms with Crippen molar-refractivity contribution in [1.82, 2.24) is 0 Å². The third-order valence-electron chi connectivity index (χ3n) is 3.36. The Morgan fingerprint density at radius 1 is 0.727 bits per heavy atom. The van der Waals surface area contributed by atoms with Crippen LogP contribution in [0.5, 0.6) is 0 Å². The average Bonchev–Trinajstić information content (AvgIpc) is 2.49. The quantitative estimate of drug-likeness (QED) is 0.381. The largest absolute Gasteiger partial charge is 0.300 e. The molecule has 0 N–H and O–H groups in total. The molecule has 0 amide bonds. The SMILES string of the molecule is O=C(CCc1cc(Br)ccc1Br)CCc1cc(Br)ccc1Br. The topological polar surface area (TPSA) is 17.1 Å². The third-order valence-corrected chi connectivity index (χ3v) is 5.90. The van der Waals surface area contributed by atoms with Crippen molar-refractivity contribution >= 4 is 69.5 Å². The number of Topliss-reactive ketones (excluding diaryl/α,β-unsaturated/α-hetero) is 1. The summed E-state index contributed by atoms with van der Waals surface area (Å²) >= 11 is 14.0. The van der Waals surface area contributed by atoms with Gasteiger partial charge < -0.3 is 0 Å². The lowest BCUT2D eigenvalue weighted by atomic mass is 10.0. The number of aryl methyl sites for hydroxylation is 2. The Labute approximate surface area is 164 Å². The fourth-order valence-electron chi connectivity index (χ4n) is 2.14. The van der Waals surface area contributed by atoms with Crippen LogP contribution in [0.1, 0.15) is 24.0 Å². The maximum atomic E-state index is 12.1. The number of carbonyl (C=O) groups is 1. The Morgan fingerprint density at radius 3 is 1.55 bits per heavy atom. The fraction of sp³-hybridized carbons (Fsp3) is 0.235. The summed E-state index contributed by atoms with van der Waals surface area (Å²) in [6.07, 6.45) is 2.67. The van der Waals surface area contributed by atoms with Gasteiger partial charge in [-0.1, -0.05) is 63.7 Å². The molecule has 0 aromatic heterocycles. The normalized spacial score (nSPS) is 10.7. The van der Waals surface area contributed by atoms with Crippen LogP contribution in [0, 0.1) is 0 Å². The van der Waals surface area contributed by atoms with Gasteiger partial charge >= 0.3 is 0 Å². The predicted molar refractivity (Wildman–Crippen MR) is 105 cm³/mol. The summed E-state index contributed by atoms with van der Waals surface area (Å²) in [5, 5.41) is 0. The lowest BCUT2D eigenvalue weighted by Crippen LogP contribution is -2.03. The van der Waals surface area contributed by atoms with Crippen molar-refractivity contribution in [2.24, 2.45) is 0 Å². The molecule has 0 spiro atoms. The monoisotopic (exact) mass is 550 g/mol. The van der Waals surface area contributed by atoms with E-state index in [1.54, 1.807) is 0 Å². The van der Waals surface area contributed by atoms with Crippen molar-refractivity contribution in [1.29, 1.82) is 0 Å². The van der Waals surface area contributed by atoms with Gasteiger partial charge in [-0.15, -0.1) is 0 Å². The zero-order valence-electron chi connectivity index (χ0n) is 11.7. The van der Waals surface area contributed by atoms with Crippen molar-refractivity contribution in [2.45, 2.75) is 25.7 Å². The van der Waals surface area contributed by atoms with Gasteiger partial charge in [0.15, 0.2) is 0 Å². The van der Waals surface area contributed by atoms with Crippen molar-refractivity contribution < 1.29 is 4.79 Å². The summed E-state index contributed by atoms with van der Waals surface area (Å²) in [4.78, 5) is 12.1. The van der Waals surface area contributed by atoms with Gasteiger partial charge in [-0.25, -0.2) is 0 Å². The zero-order chi connectivity index (χ0) is 16.1. The highest BCUT2D eigenvalue weighted by molar-refractivity contribution is 9.11. The second-order valence-corrected chi connectivity index (χ2v) is 8.55. The van der Waals surface area contributed by atoms with Gasteiger partial charge in [-0.3, -0.25) is 4.79 Å². The molecule has 0 saturated carbocycles. The molecule has 0 saturated heterocycles. The molecule has 0 heterocycles. The highest BCUT2D eigenvalue weighted by Crippen LogP contribution is 2.24. The summed E-state index contributed by atoms with van der Waals surface area (Å²) < 4.78 is 4.18. The van der Waals surface area contributed by atoms with E-state index >= 15 is 0 Å². The standard InChI is InChI=1S/C17H14Br4O/c18-13-3-7-16(20)11(9-13)1-5-15(22)6-2-12-10-14(19)4-8-17(12)21/h3-4,7-10H,1-2,5-6H2. The molecule has 22 heavy (non-hydrogen) atoms. The van der Waals surface area contributed by atoms with Crippen LogP contribution in [0.4, 0.5) is 0 Å². The van der Waals surface area contributed by atoms with Crippen molar-refractivity contribution in [2.75, 3.05) is 0 Å². The first-order chi connectivity index (χ1) is 10.5. The molecule has 0 aliphatic carbocycles. The molecule has 0 aliphatic heterocycles. The Bertz CT molecular complexity index is 625. The van der Waals surface area contributed by atoms with Gasteiger partial charge in [0.05, 0.1) is 0 Å². The Morgan fingerprint density at radius 2 is 1.14 bits per heavy atom. The first-order valence-electron chi connectivity index (χ1n) is 6.85. The smallest absolute Gasteiger partial charge is 0.133 e. The molecule has 0 radical (unpaired) electrons. The zero-order valence-corrected chi connectivity index (χ0v) is 18.1. The molecule has 5 heteroatoms. The Balaban J connectivity index is 1.88. The van der Waals surface area contributed by atoms with E-state index in [1.165, 1.54) is 0 Å². The number of ketones is 1. The van der Waals surface area contributed by atoms with E-state index in [1.807, 2.05) is 24.3 Å². The van der Waals surface area contributed by atoms with Gasteiger partial charge in [0.2, 0.25) is 0 Å². The highest BCUT2D eigenvalue weighted by Gasteiger charge is 2.08. The summed E-state index contributed by atoms with van der Waals surface area (Å²) in [6.45, 7) is 0. The number of rotatable bonds is 6. The molecule has 2 rings (SSSR count). The molecule has 2 aromatic rings. The van der Waals surface area contributed by atoms with Crippen LogP contribution in [0.2, 0.25) is 0 Å². The summed E-state index contributed by atoms with van der Waals surface area (Å²) in [6, 6.07) is 12.1. The molecule has 0 unspecified atom stereocenters. The first-order valence-corrected chi connectivity index (χ1v) is 10.0. The molecular formula is C17H14Br4O. The maximum absolute atomic E-state index is 12.1. The van der Waals surface area contributed by atoms with Crippen LogP contribution in [-0.4, -0.2) is 5.78 Å². The molecule has 1 nitrogen and oxygen atoms in total. The second kappa shape index (κ2) is 8.76. The van der Waals surface area contributed by atoms with Gasteiger partial charge in [0.25, 0.3) is 0 Å². The number of halogens is 4. The minimum Gasteiger partial charge on any atom is -0.300 e. The minimum atomic E-state index is 0.291. The third kappa shape index (κ3) is 5.59. The number of carbonyl (C=O) groups excluding carboxylic acids is 1. The molecule has 2 aromatic carbocycles. The summed E-state index contributed by atoms with van der Waals surface area (Å²) in [5.74, 6) is 0.291. The van der Waals surface area contributed by atoms with Crippen LogP contribution >= 0.6 is 63.7 Å². The van der Waals surface area contributed by atoms with Crippen LogP contribution in [-0.2, 0) is 17.6 Å². The summed E-state index contributed by atoms with van der Waals surface area (Å²) in [7, 11) is 0. The Hall–Kier alpha value is 0.0300. The van der Waals surface area contributed by atoms with E-state index in [-0.39, 0.29) is 0 Å². The minimum absolute atomic E-state index is 0.291. The first kappa shape index (κ1) is 18.4. The summed E-state index contributed by atoms with van der Waals surface area (Å²) in [5.41, 5.74) is 2.32. The van der Waals surface area contributed by atoms with Crippen molar-refractivity contribution in [3.8, 4) is 0 Å². The van der Waals surface area contributed by atoms with Crippen LogP contribution in [0.3, 0.4) is 0 Å². The average molecular weight is 554 g/mol. The van der Waals surface area contributed by atoms with Crippen LogP contribution in [0.15, 0.2) is 54.3 Å². The molecule has 0 atom stereocenters. The molecule has 0 bridgehead atoms. The van der Waals surface area contributed by atoms with Gasteiger partial charge in [0, 0.05) is 30.7 Å². The molecule has 116 valence electrons. The predicted octanol–water partition coefficient (Wildman–Crippen LogP) is 6.87. The number of benzene rings is 2. The number of hydrogen-bond acceptors (Lipinski definition) is 1. The molecule has 0 fully saturated rings. The molecule has 0 aliphatic rings. The van der Waals surface area contributed by atoms with E-state index < -0.39 is 0 Å². The fourth-order valence-corrected chi connectivity index (χ4v) is 3.85. The van der Waals surface area contributed by atoms with Crippen LogP contribution < -0.4 is 0 Å². The van der Waals surface area contributed by atoms with Gasteiger partial charge in [-0.2, -0.15) is 0 Å². The van der Waals surface area contributed by atoms with E-state index in [0.717, 1.165) is 41.9 Å². The van der Waals surface area contributed by atoms with Gasteiger partial charge in [-0.05, 0) is 60.4 Å². The lowest BCUT2D eigenvalue weighted by Gasteiger charge is -2.07. The second-order valence-electron chi connectivity index (χ2n) is 5.01. The Kier molecular flexibility index (Phi) is 7.32. The van der Waals surface area contributed by atoms with Crippen LogP contribution in [0.25, 0.3) is 0 Å². The van der Waals surface area contributed by atoms with Gasteiger partial charge in [0.1, 0.15) is 5.78 Å². The molecular weight excluding hydrogens is 540 g/mol. The van der Waals surface area contributed by atoms with Crippen molar-refractivity contribution in [3.05, 3.63) is 65.4 Å². The van der Waals surface area contributed by atoms with E-state index in [9.17, 15) is 4.79 Å². The maximum Gasteiger partial charge on any atom is 0.133 e. The number of hydrogen-bond donors (Lipinski definition) is 0. The lowest BCUT2D eigenvalue weighted by molar-refractivity contribution is -0.119. The van der Waals surface area contributed by atoms with E-state index in [0.29, 0.717) is 18.6 Å². The highest BCUT2D eigenvalue weighted by atomic mass is 79.9.